The van der Waals surface area contributed by atoms with Crippen molar-refractivity contribution in [3.8, 4) is 0 Å². The Balaban J connectivity index is 0.000000232. The molecule has 0 radical (unpaired) electrons. The summed E-state index contributed by atoms with van der Waals surface area (Å²) in [5.41, 5.74) is 5.83. The van der Waals surface area contributed by atoms with Crippen LogP contribution in [0.5, 0.6) is 0 Å². The van der Waals surface area contributed by atoms with Gasteiger partial charge in [0, 0.05) is 10.4 Å². The van der Waals surface area contributed by atoms with Gasteiger partial charge in [0.1, 0.15) is 5.82 Å². The van der Waals surface area contributed by atoms with E-state index in [0.717, 1.165) is 0 Å². The second kappa shape index (κ2) is 5.95. The number of fused-ring (bicyclic) bond motifs is 1. The lowest BCUT2D eigenvalue weighted by atomic mass is 10.1. The average molecular weight is 317 g/mol. The number of anilines is 1. The second-order valence-electron chi connectivity index (χ2n) is 4.20. The van der Waals surface area contributed by atoms with Gasteiger partial charge in [0.15, 0.2) is 0 Å². The van der Waals surface area contributed by atoms with E-state index in [1.807, 2.05) is 0 Å². The molecule has 2 amide bonds. The van der Waals surface area contributed by atoms with Crippen molar-refractivity contribution >= 4 is 33.4 Å². The normalized spacial score (nSPS) is 12.6. The number of hydrogen-bond donors (Lipinski definition) is 2. The minimum absolute atomic E-state index is 0.00926. The molecule has 1 aromatic carbocycles. The van der Waals surface area contributed by atoms with Crippen LogP contribution in [0.15, 0.2) is 16.6 Å². The number of nitrogens with two attached hydrogens (primary N) is 1. The highest BCUT2D eigenvalue weighted by Gasteiger charge is 2.21. The van der Waals surface area contributed by atoms with E-state index in [1.54, 1.807) is 19.9 Å². The molecule has 0 saturated heterocycles. The van der Waals surface area contributed by atoms with Gasteiger partial charge in [-0.2, -0.15) is 0 Å². The Bertz CT molecular complexity index is 489. The first-order valence-electron chi connectivity index (χ1n) is 5.38. The molecule has 6 heteroatoms. The van der Waals surface area contributed by atoms with Crippen LogP contribution < -0.4 is 11.1 Å². The van der Waals surface area contributed by atoms with Gasteiger partial charge < -0.3 is 11.1 Å². The van der Waals surface area contributed by atoms with Crippen LogP contribution in [-0.4, -0.2) is 11.8 Å². The maximum absolute atomic E-state index is 13.1. The van der Waals surface area contributed by atoms with Crippen molar-refractivity contribution in [2.24, 2.45) is 11.7 Å². The smallest absolute Gasteiger partial charge is 0.228 e. The van der Waals surface area contributed by atoms with Crippen LogP contribution in [0.4, 0.5) is 10.1 Å². The molecule has 0 bridgehead atoms. The van der Waals surface area contributed by atoms with Crippen LogP contribution >= 0.6 is 15.9 Å². The van der Waals surface area contributed by atoms with Crippen LogP contribution in [0.25, 0.3) is 0 Å². The third-order valence-electron chi connectivity index (χ3n) is 2.32. The molecule has 0 unspecified atom stereocenters. The average Bonchev–Trinajstić information content (AvgIpc) is 2.59. The van der Waals surface area contributed by atoms with Gasteiger partial charge in [-0.1, -0.05) is 29.8 Å². The van der Waals surface area contributed by atoms with Crippen molar-refractivity contribution in [1.29, 1.82) is 0 Å². The van der Waals surface area contributed by atoms with E-state index in [1.165, 1.54) is 6.07 Å². The standard InChI is InChI=1S/C8H5BrFNO.C4H9NO/c9-5-1-4-2-7(12)11-8(4)6(10)3-5;1-3(2)4(5)6/h1,3H,2H2,(H,11,12);3H,1-2H3,(H2,5,6). The number of hydrogen-bond acceptors (Lipinski definition) is 2. The van der Waals surface area contributed by atoms with Gasteiger partial charge in [0.2, 0.25) is 11.8 Å². The number of halogens is 2. The lowest BCUT2D eigenvalue weighted by Gasteiger charge is -1.99. The maximum atomic E-state index is 13.1. The molecule has 0 aromatic heterocycles. The van der Waals surface area contributed by atoms with Gasteiger partial charge in [-0.3, -0.25) is 9.59 Å². The molecular weight excluding hydrogens is 303 g/mol. The van der Waals surface area contributed by atoms with Crippen LogP contribution in [0.2, 0.25) is 0 Å². The Morgan fingerprint density at radius 1 is 1.50 bits per heavy atom. The Labute approximate surface area is 113 Å². The Morgan fingerprint density at radius 2 is 2.06 bits per heavy atom. The zero-order valence-corrected chi connectivity index (χ0v) is 11.7. The molecular formula is C12H14BrFN2O2. The lowest BCUT2D eigenvalue weighted by Crippen LogP contribution is -2.17. The van der Waals surface area contributed by atoms with Crippen LogP contribution in [-0.2, 0) is 16.0 Å². The van der Waals surface area contributed by atoms with Crippen molar-refractivity contribution in [2.45, 2.75) is 20.3 Å². The van der Waals surface area contributed by atoms with Crippen molar-refractivity contribution in [3.63, 3.8) is 0 Å². The van der Waals surface area contributed by atoms with Gasteiger partial charge in [0.25, 0.3) is 0 Å². The zero-order chi connectivity index (χ0) is 13.9. The van der Waals surface area contributed by atoms with Gasteiger partial charge in [-0.15, -0.1) is 0 Å². The van der Waals surface area contributed by atoms with E-state index < -0.39 is 0 Å². The highest BCUT2D eigenvalue weighted by Crippen LogP contribution is 2.29. The molecule has 0 spiro atoms. The summed E-state index contributed by atoms with van der Waals surface area (Å²) in [5, 5.41) is 2.46. The Kier molecular flexibility index (Phi) is 4.84. The molecule has 1 aromatic rings. The fourth-order valence-corrected chi connectivity index (χ4v) is 1.74. The van der Waals surface area contributed by atoms with E-state index >= 15 is 0 Å². The van der Waals surface area contributed by atoms with E-state index in [-0.39, 0.29) is 30.0 Å². The summed E-state index contributed by atoms with van der Waals surface area (Å²) in [4.78, 5) is 20.8. The van der Waals surface area contributed by atoms with E-state index in [4.69, 9.17) is 5.73 Å². The zero-order valence-electron chi connectivity index (χ0n) is 10.1. The first-order valence-corrected chi connectivity index (χ1v) is 6.17. The van der Waals surface area contributed by atoms with Gasteiger partial charge in [-0.25, -0.2) is 4.39 Å². The number of amides is 2. The fourth-order valence-electron chi connectivity index (χ4n) is 1.26. The number of carbonyl (C=O) groups is 2. The monoisotopic (exact) mass is 316 g/mol. The van der Waals surface area contributed by atoms with E-state index in [9.17, 15) is 14.0 Å². The summed E-state index contributed by atoms with van der Waals surface area (Å²) in [6, 6.07) is 3.08. The molecule has 2 rings (SSSR count). The molecule has 98 valence electrons. The molecule has 3 N–H and O–H groups in total. The Morgan fingerprint density at radius 3 is 2.56 bits per heavy atom. The maximum Gasteiger partial charge on any atom is 0.228 e. The number of rotatable bonds is 1. The fraction of sp³-hybridized carbons (Fsp3) is 0.333. The molecule has 18 heavy (non-hydrogen) atoms. The van der Waals surface area contributed by atoms with Gasteiger partial charge >= 0.3 is 0 Å². The van der Waals surface area contributed by atoms with Crippen molar-refractivity contribution in [2.75, 3.05) is 5.32 Å². The third-order valence-corrected chi connectivity index (χ3v) is 2.78. The Hall–Kier alpha value is -1.43. The summed E-state index contributed by atoms with van der Waals surface area (Å²) in [7, 11) is 0. The SMILES string of the molecule is CC(C)C(N)=O.O=C1Cc2cc(Br)cc(F)c2N1. The highest BCUT2D eigenvalue weighted by atomic mass is 79.9. The number of carbonyl (C=O) groups excluding carboxylic acids is 2. The molecule has 1 aliphatic heterocycles. The topological polar surface area (TPSA) is 72.2 Å². The van der Waals surface area contributed by atoms with Crippen molar-refractivity contribution in [3.05, 3.63) is 28.0 Å². The molecule has 1 aliphatic rings. The molecule has 0 aliphatic carbocycles. The van der Waals surface area contributed by atoms with Crippen molar-refractivity contribution < 1.29 is 14.0 Å². The largest absolute Gasteiger partial charge is 0.369 e. The van der Waals surface area contributed by atoms with Crippen LogP contribution in [0.1, 0.15) is 19.4 Å². The molecule has 0 atom stereocenters. The molecule has 0 saturated carbocycles. The van der Waals surface area contributed by atoms with Gasteiger partial charge in [-0.05, 0) is 17.7 Å². The predicted molar refractivity (Wildman–Crippen MR) is 70.5 cm³/mol. The quantitative estimate of drug-likeness (QED) is 0.833. The van der Waals surface area contributed by atoms with Gasteiger partial charge in [0.05, 0.1) is 12.1 Å². The molecule has 0 fully saturated rings. The number of nitrogens with one attached hydrogen (secondary N) is 1. The summed E-state index contributed by atoms with van der Waals surface area (Å²) >= 11 is 3.16. The summed E-state index contributed by atoms with van der Waals surface area (Å²) in [6.07, 6.45) is 0.270. The molecule has 4 nitrogen and oxygen atoms in total. The first-order chi connectivity index (χ1) is 8.31. The van der Waals surface area contributed by atoms with Crippen LogP contribution in [0.3, 0.4) is 0 Å². The number of benzene rings is 1. The predicted octanol–water partition coefficient (Wildman–Crippen LogP) is 2.21. The lowest BCUT2D eigenvalue weighted by molar-refractivity contribution is -0.120. The third kappa shape index (κ3) is 3.80. The first kappa shape index (κ1) is 14.6. The summed E-state index contributed by atoms with van der Waals surface area (Å²) in [6.45, 7) is 3.53. The second-order valence-corrected chi connectivity index (χ2v) is 5.12. The molecule has 1 heterocycles. The summed E-state index contributed by atoms with van der Waals surface area (Å²) in [5.74, 6) is -0.785. The summed E-state index contributed by atoms with van der Waals surface area (Å²) < 4.78 is 13.7. The minimum Gasteiger partial charge on any atom is -0.369 e. The minimum atomic E-state index is -0.384. The highest BCUT2D eigenvalue weighted by molar-refractivity contribution is 9.10. The number of primary amides is 1. The van der Waals surface area contributed by atoms with E-state index in [2.05, 4.69) is 21.2 Å². The van der Waals surface area contributed by atoms with Crippen molar-refractivity contribution in [1.82, 2.24) is 0 Å². The van der Waals surface area contributed by atoms with E-state index in [0.29, 0.717) is 15.7 Å². The van der Waals surface area contributed by atoms with Crippen LogP contribution in [0, 0.1) is 11.7 Å².